The highest BCUT2D eigenvalue weighted by atomic mass is 79.9. The Bertz CT molecular complexity index is 117. The topological polar surface area (TPSA) is 37.3 Å². The summed E-state index contributed by atoms with van der Waals surface area (Å²) < 4.78 is 0. The van der Waals surface area contributed by atoms with Crippen LogP contribution in [0.25, 0.3) is 0 Å². The van der Waals surface area contributed by atoms with Gasteiger partial charge in [-0.1, -0.05) is 0 Å². The van der Waals surface area contributed by atoms with Gasteiger partial charge in [-0.15, -0.1) is 0 Å². The van der Waals surface area contributed by atoms with Gasteiger partial charge in [0, 0.05) is 6.42 Å². The van der Waals surface area contributed by atoms with Crippen molar-refractivity contribution in [2.75, 3.05) is 12.0 Å². The van der Waals surface area contributed by atoms with E-state index in [0.717, 1.165) is 19.3 Å². The van der Waals surface area contributed by atoms with Crippen LogP contribution in [-0.2, 0) is 14.1 Å². The molecule has 1 N–H and O–H groups in total. The maximum Gasteiger partial charge on any atom is 0.303 e. The number of halogens is 1. The van der Waals surface area contributed by atoms with E-state index in [2.05, 4.69) is 21.1 Å². The molecular weight excluding hydrogens is 228 g/mol. The van der Waals surface area contributed by atoms with Crippen molar-refractivity contribution >= 4 is 30.1 Å². The fraction of sp³-hybridized carbons (Fsp3) is 0.857. The van der Waals surface area contributed by atoms with Crippen molar-refractivity contribution in [2.45, 2.75) is 25.7 Å². The molecule has 0 saturated carbocycles. The molecule has 0 aromatic rings. The smallest absolute Gasteiger partial charge is 0.303 e. The third-order valence-electron chi connectivity index (χ3n) is 1.32. The Labute approximate surface area is 77.9 Å². The van der Waals surface area contributed by atoms with Crippen molar-refractivity contribution in [1.29, 1.82) is 0 Å². The van der Waals surface area contributed by atoms with E-state index in [1.807, 2.05) is 0 Å². The molecule has 0 fully saturated rings. The molecule has 0 aromatic carbocycles. The second kappa shape index (κ2) is 6.98. The maximum atomic E-state index is 10.1. The maximum absolute atomic E-state index is 10.1. The highest BCUT2D eigenvalue weighted by molar-refractivity contribution is 9.48. The fourth-order valence-corrected chi connectivity index (χ4v) is 2.04. The molecule has 11 heavy (non-hydrogen) atoms. The second-order valence-electron chi connectivity index (χ2n) is 2.46. The molecule has 0 aliphatic rings. The van der Waals surface area contributed by atoms with Crippen molar-refractivity contribution in [1.82, 2.24) is 0 Å². The number of rotatable bonds is 6. The molecular formula is C7H14BrO2S+. The minimum atomic E-state index is -0.681. The van der Waals surface area contributed by atoms with E-state index >= 15 is 0 Å². The zero-order valence-electron chi connectivity index (χ0n) is 6.68. The molecule has 0 aliphatic carbocycles. The van der Waals surface area contributed by atoms with Crippen LogP contribution in [0.15, 0.2) is 0 Å². The van der Waals surface area contributed by atoms with Gasteiger partial charge in [-0.3, -0.25) is 4.79 Å². The number of aliphatic carboxylic acids is 1. The van der Waals surface area contributed by atoms with Gasteiger partial charge in [0.25, 0.3) is 0 Å². The molecule has 0 spiro atoms. The first-order valence-corrected chi connectivity index (χ1v) is 7.28. The fourth-order valence-electron chi connectivity index (χ4n) is 0.754. The lowest BCUT2D eigenvalue weighted by Gasteiger charge is -1.94. The first-order chi connectivity index (χ1) is 5.13. The van der Waals surface area contributed by atoms with E-state index in [1.54, 1.807) is 0 Å². The third-order valence-corrected chi connectivity index (χ3v) is 3.14. The summed E-state index contributed by atoms with van der Waals surface area (Å²) in [5, 5.41) is 8.31. The molecule has 1 unspecified atom stereocenters. The summed E-state index contributed by atoms with van der Waals surface area (Å²) in [4.78, 5) is 10.1. The molecule has 0 aliphatic heterocycles. The van der Waals surface area contributed by atoms with E-state index < -0.39 is 5.97 Å². The summed E-state index contributed by atoms with van der Waals surface area (Å²) in [6.07, 6.45) is 5.45. The van der Waals surface area contributed by atoms with Crippen LogP contribution < -0.4 is 0 Å². The Hall–Kier alpha value is 0.300. The first kappa shape index (κ1) is 11.3. The molecule has 0 bridgehead atoms. The van der Waals surface area contributed by atoms with Crippen LogP contribution in [0.3, 0.4) is 0 Å². The normalized spacial score (nSPS) is 12.9. The molecule has 0 amide bonds. The number of hydrogen-bond acceptors (Lipinski definition) is 1. The van der Waals surface area contributed by atoms with Gasteiger partial charge in [-0.2, -0.15) is 0 Å². The van der Waals surface area contributed by atoms with Gasteiger partial charge in [-0.05, 0) is 19.3 Å². The molecule has 0 saturated heterocycles. The second-order valence-corrected chi connectivity index (χ2v) is 7.29. The largest absolute Gasteiger partial charge is 0.481 e. The van der Waals surface area contributed by atoms with Gasteiger partial charge in [0.15, 0.2) is 0 Å². The first-order valence-electron chi connectivity index (χ1n) is 3.63. The lowest BCUT2D eigenvalue weighted by molar-refractivity contribution is -0.137. The summed E-state index contributed by atoms with van der Waals surface area (Å²) in [7, 11) is 0.335. The number of hydrogen-bond donors (Lipinski definition) is 1. The van der Waals surface area contributed by atoms with Gasteiger partial charge >= 0.3 is 5.97 Å². The Morgan fingerprint density at radius 3 is 2.55 bits per heavy atom. The molecule has 1 atom stereocenters. The Morgan fingerprint density at radius 2 is 2.09 bits per heavy atom. The predicted octanol–water partition coefficient (Wildman–Crippen LogP) is 2.19. The van der Waals surface area contributed by atoms with Gasteiger partial charge < -0.3 is 5.11 Å². The van der Waals surface area contributed by atoms with E-state index in [4.69, 9.17) is 5.11 Å². The van der Waals surface area contributed by atoms with Gasteiger partial charge in [0.2, 0.25) is 14.8 Å². The predicted molar refractivity (Wildman–Crippen MR) is 53.2 cm³/mol. The van der Waals surface area contributed by atoms with Gasteiger partial charge in [-0.25, -0.2) is 0 Å². The molecule has 0 rings (SSSR count). The van der Waals surface area contributed by atoms with Crippen LogP contribution >= 0.6 is 14.8 Å². The van der Waals surface area contributed by atoms with E-state index in [9.17, 15) is 4.79 Å². The van der Waals surface area contributed by atoms with Crippen LogP contribution in [0.4, 0.5) is 0 Å². The molecule has 66 valence electrons. The standard InChI is InChI=1S/C7H13BrO2S/c1-11(8)6-4-2-3-5-7(9)10/h2-6H2,1H3/p+1. The van der Waals surface area contributed by atoms with Crippen molar-refractivity contribution in [3.05, 3.63) is 0 Å². The van der Waals surface area contributed by atoms with Crippen LogP contribution in [-0.4, -0.2) is 23.1 Å². The minimum absolute atomic E-state index is 0.319. The summed E-state index contributed by atoms with van der Waals surface area (Å²) >= 11 is 3.47. The summed E-state index contributed by atoms with van der Waals surface area (Å²) in [6, 6.07) is 0. The summed E-state index contributed by atoms with van der Waals surface area (Å²) in [6.45, 7) is 0. The zero-order chi connectivity index (χ0) is 8.69. The average molecular weight is 242 g/mol. The van der Waals surface area contributed by atoms with Gasteiger partial charge in [0.1, 0.15) is 12.0 Å². The van der Waals surface area contributed by atoms with E-state index in [1.165, 1.54) is 5.75 Å². The highest BCUT2D eigenvalue weighted by Crippen LogP contribution is 2.07. The van der Waals surface area contributed by atoms with Crippen LogP contribution in [0.5, 0.6) is 0 Å². The monoisotopic (exact) mass is 241 g/mol. The van der Waals surface area contributed by atoms with Crippen LogP contribution in [0, 0.1) is 0 Å². The van der Waals surface area contributed by atoms with Crippen LogP contribution in [0.2, 0.25) is 0 Å². The minimum Gasteiger partial charge on any atom is -0.481 e. The average Bonchev–Trinajstić information content (AvgIpc) is 1.85. The Morgan fingerprint density at radius 1 is 1.45 bits per heavy atom. The van der Waals surface area contributed by atoms with Crippen molar-refractivity contribution in [3.8, 4) is 0 Å². The number of carboxylic acids is 1. The summed E-state index contributed by atoms with van der Waals surface area (Å²) in [5.41, 5.74) is 0. The lowest BCUT2D eigenvalue weighted by Crippen LogP contribution is -1.97. The van der Waals surface area contributed by atoms with E-state index in [0.29, 0.717) is 15.7 Å². The molecule has 0 aromatic heterocycles. The SMILES string of the molecule is C[S+](Br)CCCCCC(=O)O. The quantitative estimate of drug-likeness (QED) is 0.572. The number of carbonyl (C=O) groups is 1. The molecule has 4 heteroatoms. The molecule has 2 nitrogen and oxygen atoms in total. The Kier molecular flexibility index (Phi) is 7.17. The lowest BCUT2D eigenvalue weighted by atomic mass is 10.2. The summed E-state index contributed by atoms with van der Waals surface area (Å²) in [5.74, 6) is 0.485. The van der Waals surface area contributed by atoms with Gasteiger partial charge in [0.05, 0.1) is 9.33 Å². The zero-order valence-corrected chi connectivity index (χ0v) is 9.08. The number of unbranched alkanes of at least 4 members (excludes halogenated alkanes) is 2. The van der Waals surface area contributed by atoms with E-state index in [-0.39, 0.29) is 0 Å². The van der Waals surface area contributed by atoms with Crippen molar-refractivity contribution < 1.29 is 9.90 Å². The number of carboxylic acid groups (broad SMARTS) is 1. The molecule has 0 heterocycles. The Balaban J connectivity index is 2.97. The highest BCUT2D eigenvalue weighted by Gasteiger charge is 2.04. The van der Waals surface area contributed by atoms with Crippen molar-refractivity contribution in [2.24, 2.45) is 0 Å². The third kappa shape index (κ3) is 10.3. The molecule has 0 radical (unpaired) electrons. The van der Waals surface area contributed by atoms with Crippen molar-refractivity contribution in [3.63, 3.8) is 0 Å². The van der Waals surface area contributed by atoms with Crippen LogP contribution in [0.1, 0.15) is 25.7 Å².